The van der Waals surface area contributed by atoms with Crippen LogP contribution in [0.2, 0.25) is 0 Å². The number of carbonyl (C=O) groups excluding carboxylic acids is 1. The highest BCUT2D eigenvalue weighted by Crippen LogP contribution is 2.27. The molecule has 3 heterocycles. The Kier molecular flexibility index (Phi) is 3.30. The van der Waals surface area contributed by atoms with E-state index in [1.807, 2.05) is 12.1 Å². The second-order valence-corrected chi connectivity index (χ2v) is 5.56. The lowest BCUT2D eigenvalue weighted by atomic mass is 10.2. The van der Waals surface area contributed by atoms with Crippen LogP contribution in [0.5, 0.6) is 0 Å². The Labute approximate surface area is 119 Å². The van der Waals surface area contributed by atoms with E-state index >= 15 is 0 Å². The maximum absolute atomic E-state index is 12.0. The van der Waals surface area contributed by atoms with E-state index in [4.69, 9.17) is 0 Å². The van der Waals surface area contributed by atoms with Crippen LogP contribution < -0.4 is 5.32 Å². The summed E-state index contributed by atoms with van der Waals surface area (Å²) in [7, 11) is 0. The second kappa shape index (κ2) is 5.26. The molecule has 1 amide bonds. The Morgan fingerprint density at radius 2 is 2.25 bits per heavy atom. The number of carbonyl (C=O) groups is 1. The van der Waals surface area contributed by atoms with Gasteiger partial charge in [0.25, 0.3) is 5.91 Å². The highest BCUT2D eigenvalue weighted by Gasteiger charge is 2.10. The number of pyridine rings is 1. The monoisotopic (exact) mass is 284 g/mol. The largest absolute Gasteiger partial charge is 0.305 e. The molecule has 20 heavy (non-hydrogen) atoms. The maximum Gasteiger partial charge on any atom is 0.258 e. The molecule has 3 rings (SSSR count). The number of thiophene rings is 1. The lowest BCUT2D eigenvalue weighted by Gasteiger charge is -1.99. The Hall–Kier alpha value is -2.47. The summed E-state index contributed by atoms with van der Waals surface area (Å²) >= 11 is 1.68. The van der Waals surface area contributed by atoms with Crippen molar-refractivity contribution in [1.29, 1.82) is 0 Å². The predicted molar refractivity (Wildman–Crippen MR) is 78.8 cm³/mol. The first-order chi connectivity index (χ1) is 9.72. The first kappa shape index (κ1) is 12.6. The molecule has 0 saturated heterocycles. The maximum atomic E-state index is 12.0. The van der Waals surface area contributed by atoms with Crippen molar-refractivity contribution in [3.8, 4) is 10.6 Å². The van der Waals surface area contributed by atoms with Gasteiger partial charge in [-0.3, -0.25) is 14.9 Å². The standard InChI is InChI=1S/C14H12N4OS/c1-9-4-5-12(20-9)11-7-13(18-17-11)16-14(19)10-3-2-6-15-8-10/h2-8H,1H3,(H2,16,17,18,19). The van der Waals surface area contributed by atoms with Crippen LogP contribution in [0.1, 0.15) is 15.2 Å². The molecule has 100 valence electrons. The summed E-state index contributed by atoms with van der Waals surface area (Å²) < 4.78 is 0. The molecule has 0 atom stereocenters. The molecule has 0 bridgehead atoms. The van der Waals surface area contributed by atoms with Gasteiger partial charge in [0.2, 0.25) is 0 Å². The van der Waals surface area contributed by atoms with Crippen molar-refractivity contribution in [2.24, 2.45) is 0 Å². The molecular formula is C14H12N4OS. The summed E-state index contributed by atoms with van der Waals surface area (Å²) in [4.78, 5) is 18.2. The van der Waals surface area contributed by atoms with Gasteiger partial charge in [0.1, 0.15) is 0 Å². The van der Waals surface area contributed by atoms with Gasteiger partial charge in [0, 0.05) is 23.3 Å². The summed E-state index contributed by atoms with van der Waals surface area (Å²) in [5, 5.41) is 9.76. The number of aromatic amines is 1. The quantitative estimate of drug-likeness (QED) is 0.776. The van der Waals surface area contributed by atoms with E-state index in [0.29, 0.717) is 11.4 Å². The smallest absolute Gasteiger partial charge is 0.258 e. The minimum absolute atomic E-state index is 0.224. The van der Waals surface area contributed by atoms with Crippen LogP contribution in [0.3, 0.4) is 0 Å². The molecule has 0 unspecified atom stereocenters. The number of amides is 1. The fourth-order valence-corrected chi connectivity index (χ4v) is 2.61. The number of H-pyrrole nitrogens is 1. The highest BCUT2D eigenvalue weighted by molar-refractivity contribution is 7.15. The van der Waals surface area contributed by atoms with Crippen LogP contribution >= 0.6 is 11.3 Å². The summed E-state index contributed by atoms with van der Waals surface area (Å²) in [6.45, 7) is 2.05. The van der Waals surface area contributed by atoms with Crippen molar-refractivity contribution in [1.82, 2.24) is 15.2 Å². The lowest BCUT2D eigenvalue weighted by molar-refractivity contribution is 0.102. The van der Waals surface area contributed by atoms with Gasteiger partial charge in [-0.05, 0) is 31.2 Å². The van der Waals surface area contributed by atoms with Gasteiger partial charge in [0.05, 0.1) is 16.1 Å². The van der Waals surface area contributed by atoms with Crippen molar-refractivity contribution >= 4 is 23.1 Å². The first-order valence-electron chi connectivity index (χ1n) is 6.06. The van der Waals surface area contributed by atoms with Gasteiger partial charge in [-0.25, -0.2) is 0 Å². The number of rotatable bonds is 3. The van der Waals surface area contributed by atoms with E-state index in [2.05, 4.69) is 33.5 Å². The summed E-state index contributed by atoms with van der Waals surface area (Å²) in [6, 6.07) is 9.33. The van der Waals surface area contributed by atoms with E-state index in [1.54, 1.807) is 29.7 Å². The molecule has 0 aromatic carbocycles. The van der Waals surface area contributed by atoms with Crippen LogP contribution in [0.15, 0.2) is 42.7 Å². The summed E-state index contributed by atoms with van der Waals surface area (Å²) in [5.41, 5.74) is 1.40. The molecule has 0 aliphatic heterocycles. The molecule has 0 fully saturated rings. The predicted octanol–water partition coefficient (Wildman–Crippen LogP) is 3.09. The molecular weight excluding hydrogens is 272 g/mol. The zero-order chi connectivity index (χ0) is 13.9. The van der Waals surface area contributed by atoms with Crippen LogP contribution in [-0.2, 0) is 0 Å². The van der Waals surface area contributed by atoms with E-state index in [-0.39, 0.29) is 5.91 Å². The average Bonchev–Trinajstić information content (AvgIpc) is 3.09. The number of aryl methyl sites for hydroxylation is 1. The number of nitrogens with zero attached hydrogens (tertiary/aromatic N) is 2. The molecule has 6 heteroatoms. The minimum Gasteiger partial charge on any atom is -0.305 e. The van der Waals surface area contributed by atoms with Crippen LogP contribution in [0, 0.1) is 6.92 Å². The van der Waals surface area contributed by atoms with Gasteiger partial charge < -0.3 is 5.32 Å². The van der Waals surface area contributed by atoms with Crippen molar-refractivity contribution in [2.75, 3.05) is 5.32 Å². The van der Waals surface area contributed by atoms with Crippen LogP contribution in [0.4, 0.5) is 5.82 Å². The molecule has 0 radical (unpaired) electrons. The Morgan fingerprint density at radius 1 is 1.35 bits per heavy atom. The minimum atomic E-state index is -0.224. The van der Waals surface area contributed by atoms with E-state index in [0.717, 1.165) is 10.6 Å². The summed E-state index contributed by atoms with van der Waals surface area (Å²) in [6.07, 6.45) is 3.15. The third-order valence-corrected chi connectivity index (χ3v) is 3.78. The Morgan fingerprint density at radius 3 is 2.95 bits per heavy atom. The Bertz CT molecular complexity index is 732. The average molecular weight is 284 g/mol. The normalized spacial score (nSPS) is 10.4. The SMILES string of the molecule is Cc1ccc(-c2cc(NC(=O)c3cccnc3)n[nH]2)s1. The second-order valence-electron chi connectivity index (χ2n) is 4.27. The fourth-order valence-electron chi connectivity index (χ4n) is 1.78. The fraction of sp³-hybridized carbons (Fsp3) is 0.0714. The third kappa shape index (κ3) is 2.60. The van der Waals surface area contributed by atoms with Gasteiger partial charge in [-0.15, -0.1) is 11.3 Å². The van der Waals surface area contributed by atoms with Crippen molar-refractivity contribution in [3.05, 3.63) is 53.2 Å². The van der Waals surface area contributed by atoms with Crippen molar-refractivity contribution in [3.63, 3.8) is 0 Å². The third-order valence-electron chi connectivity index (χ3n) is 2.75. The molecule has 0 spiro atoms. The zero-order valence-electron chi connectivity index (χ0n) is 10.8. The lowest BCUT2D eigenvalue weighted by Crippen LogP contribution is -2.12. The van der Waals surface area contributed by atoms with Crippen LogP contribution in [0.25, 0.3) is 10.6 Å². The van der Waals surface area contributed by atoms with E-state index < -0.39 is 0 Å². The van der Waals surface area contributed by atoms with Gasteiger partial charge in [-0.1, -0.05) is 0 Å². The molecule has 0 aliphatic carbocycles. The van der Waals surface area contributed by atoms with Gasteiger partial charge in [-0.2, -0.15) is 5.10 Å². The molecule has 3 aromatic rings. The number of hydrogen-bond acceptors (Lipinski definition) is 4. The molecule has 5 nitrogen and oxygen atoms in total. The van der Waals surface area contributed by atoms with Gasteiger partial charge in [0.15, 0.2) is 5.82 Å². The molecule has 3 aromatic heterocycles. The number of hydrogen-bond donors (Lipinski definition) is 2. The highest BCUT2D eigenvalue weighted by atomic mass is 32.1. The van der Waals surface area contributed by atoms with E-state index in [1.165, 1.54) is 11.1 Å². The summed E-state index contributed by atoms with van der Waals surface area (Å²) in [5.74, 6) is 0.276. The van der Waals surface area contributed by atoms with Gasteiger partial charge >= 0.3 is 0 Å². The topological polar surface area (TPSA) is 70.7 Å². The molecule has 2 N–H and O–H groups in total. The van der Waals surface area contributed by atoms with E-state index in [9.17, 15) is 4.79 Å². The number of aromatic nitrogens is 3. The molecule has 0 aliphatic rings. The molecule has 0 saturated carbocycles. The van der Waals surface area contributed by atoms with Crippen LogP contribution in [-0.4, -0.2) is 21.1 Å². The first-order valence-corrected chi connectivity index (χ1v) is 6.87. The number of nitrogens with one attached hydrogen (secondary N) is 2. The number of anilines is 1. The Balaban J connectivity index is 1.76. The van der Waals surface area contributed by atoms with Crippen molar-refractivity contribution < 1.29 is 4.79 Å². The zero-order valence-corrected chi connectivity index (χ0v) is 11.6. The van der Waals surface area contributed by atoms with Crippen molar-refractivity contribution in [2.45, 2.75) is 6.92 Å².